The maximum Gasteiger partial charge on any atom is 0.146 e. The van der Waals surface area contributed by atoms with Crippen molar-refractivity contribution < 1.29 is 9.13 Å². The third-order valence-corrected chi connectivity index (χ3v) is 4.69. The molecule has 4 rings (SSSR count). The molecule has 0 bridgehead atoms. The molecule has 0 unspecified atom stereocenters. The predicted molar refractivity (Wildman–Crippen MR) is 105 cm³/mol. The molecule has 27 heavy (non-hydrogen) atoms. The quantitative estimate of drug-likeness (QED) is 0.756. The van der Waals surface area contributed by atoms with E-state index in [0.29, 0.717) is 31.1 Å². The van der Waals surface area contributed by atoms with E-state index in [1.54, 1.807) is 12.3 Å². The van der Waals surface area contributed by atoms with Gasteiger partial charge in [0.15, 0.2) is 0 Å². The molecule has 0 radical (unpaired) electrons. The highest BCUT2D eigenvalue weighted by atomic mass is 19.1. The summed E-state index contributed by atoms with van der Waals surface area (Å²) in [6.45, 7) is 5.92. The number of halogens is 1. The summed E-state index contributed by atoms with van der Waals surface area (Å²) < 4.78 is 20.4. The number of hydrogen-bond donors (Lipinski definition) is 1. The van der Waals surface area contributed by atoms with Crippen LogP contribution in [0.4, 0.5) is 15.9 Å². The first-order valence-electron chi connectivity index (χ1n) is 9.23. The number of nitrogens with one attached hydrogen (secondary N) is 1. The smallest absolute Gasteiger partial charge is 0.146 e. The van der Waals surface area contributed by atoms with Crippen LogP contribution in [-0.2, 0) is 11.3 Å². The van der Waals surface area contributed by atoms with Gasteiger partial charge in [-0.2, -0.15) is 0 Å². The molecule has 3 aromatic rings. The van der Waals surface area contributed by atoms with E-state index < -0.39 is 0 Å². The topological polar surface area (TPSA) is 50.3 Å². The zero-order valence-electron chi connectivity index (χ0n) is 15.5. The number of rotatable bonds is 4. The number of morpholine rings is 1. The second kappa shape index (κ2) is 7.48. The minimum atomic E-state index is -0.208. The maximum absolute atomic E-state index is 14.7. The van der Waals surface area contributed by atoms with Gasteiger partial charge in [0.2, 0.25) is 0 Å². The molecule has 0 spiro atoms. The van der Waals surface area contributed by atoms with Gasteiger partial charge in [0.1, 0.15) is 11.6 Å². The van der Waals surface area contributed by atoms with E-state index in [1.165, 1.54) is 0 Å². The van der Waals surface area contributed by atoms with Gasteiger partial charge < -0.3 is 15.0 Å². The summed E-state index contributed by atoms with van der Waals surface area (Å²) in [5.41, 5.74) is 3.18. The van der Waals surface area contributed by atoms with Gasteiger partial charge in [0.25, 0.3) is 0 Å². The Morgan fingerprint density at radius 3 is 2.59 bits per heavy atom. The molecular weight excluding hydrogens is 343 g/mol. The van der Waals surface area contributed by atoms with E-state index in [2.05, 4.69) is 20.2 Å². The summed E-state index contributed by atoms with van der Waals surface area (Å²) in [5.74, 6) is 0.467. The zero-order valence-corrected chi connectivity index (χ0v) is 15.5. The van der Waals surface area contributed by atoms with Gasteiger partial charge in [-0.25, -0.2) is 9.37 Å². The minimum absolute atomic E-state index is 0.0981. The van der Waals surface area contributed by atoms with Crippen molar-refractivity contribution in [2.24, 2.45) is 0 Å². The van der Waals surface area contributed by atoms with E-state index in [4.69, 9.17) is 4.74 Å². The molecule has 0 saturated carbocycles. The lowest BCUT2D eigenvalue weighted by molar-refractivity contribution is -0.00539. The summed E-state index contributed by atoms with van der Waals surface area (Å²) in [6.07, 6.45) is 1.89. The van der Waals surface area contributed by atoms with Crippen LogP contribution >= 0.6 is 0 Å². The van der Waals surface area contributed by atoms with Crippen molar-refractivity contribution in [3.63, 3.8) is 0 Å². The molecule has 1 N–H and O–H groups in total. The minimum Gasteiger partial charge on any atom is -0.372 e. The number of anilines is 2. The Morgan fingerprint density at radius 1 is 1.11 bits per heavy atom. The average molecular weight is 366 g/mol. The molecule has 2 atom stereocenters. The first-order valence-corrected chi connectivity index (χ1v) is 9.23. The molecule has 1 saturated heterocycles. The van der Waals surface area contributed by atoms with Gasteiger partial charge in [0, 0.05) is 19.6 Å². The third-order valence-electron chi connectivity index (χ3n) is 4.69. The van der Waals surface area contributed by atoms with Gasteiger partial charge >= 0.3 is 0 Å². The van der Waals surface area contributed by atoms with Gasteiger partial charge in [-0.05, 0) is 43.7 Å². The van der Waals surface area contributed by atoms with Crippen LogP contribution in [0.5, 0.6) is 0 Å². The van der Waals surface area contributed by atoms with Crippen LogP contribution in [0.25, 0.3) is 11.0 Å². The first-order chi connectivity index (χ1) is 13.1. The van der Waals surface area contributed by atoms with E-state index in [1.807, 2.05) is 50.2 Å². The van der Waals surface area contributed by atoms with Crippen molar-refractivity contribution in [1.29, 1.82) is 0 Å². The predicted octanol–water partition coefficient (Wildman–Crippen LogP) is 3.99. The molecule has 2 heterocycles. The molecule has 1 aliphatic rings. The number of fused-ring (bicyclic) bond motifs is 1. The Balaban J connectivity index is 1.45. The summed E-state index contributed by atoms with van der Waals surface area (Å²) in [7, 11) is 0. The Bertz CT molecular complexity index is 938. The Hall–Kier alpha value is -2.73. The van der Waals surface area contributed by atoms with Crippen LogP contribution in [0.15, 0.2) is 48.7 Å². The molecule has 2 aromatic carbocycles. The number of aromatic nitrogens is 2. The van der Waals surface area contributed by atoms with Crippen molar-refractivity contribution in [2.45, 2.75) is 32.6 Å². The van der Waals surface area contributed by atoms with E-state index in [9.17, 15) is 4.39 Å². The summed E-state index contributed by atoms with van der Waals surface area (Å²) in [6, 6.07) is 13.1. The first kappa shape index (κ1) is 17.7. The molecular formula is C21H23FN4O. The van der Waals surface area contributed by atoms with Crippen LogP contribution < -0.4 is 10.2 Å². The molecule has 6 heteroatoms. The third kappa shape index (κ3) is 4.01. The monoisotopic (exact) mass is 366 g/mol. The molecule has 1 aliphatic heterocycles. The van der Waals surface area contributed by atoms with Crippen molar-refractivity contribution >= 4 is 22.5 Å². The Morgan fingerprint density at radius 2 is 1.85 bits per heavy atom. The molecule has 5 nitrogen and oxygen atoms in total. The highest BCUT2D eigenvalue weighted by Crippen LogP contribution is 2.25. The number of para-hydroxylation sites is 2. The lowest BCUT2D eigenvalue weighted by atomic mass is 10.1. The average Bonchev–Trinajstić information content (AvgIpc) is 2.65. The standard InChI is InChI=1S/C21H23FN4O/c1-14-12-26(13-15(2)27-14)20-8-7-16(9-17(20)22)10-24-21-11-23-18-5-3-4-6-19(18)25-21/h3-9,11,14-15H,10,12-13H2,1-2H3,(H,24,25)/t14-,15-/m0/s1. The van der Waals surface area contributed by atoms with Crippen molar-refractivity contribution in [3.05, 3.63) is 60.0 Å². The normalized spacial score (nSPS) is 20.0. The van der Waals surface area contributed by atoms with Gasteiger partial charge in [-0.15, -0.1) is 0 Å². The Labute approximate surface area is 158 Å². The maximum atomic E-state index is 14.7. The SMILES string of the molecule is C[C@H]1CN(c2ccc(CNc3cnc4ccccc4n3)cc2F)C[C@H](C)O1. The van der Waals surface area contributed by atoms with Crippen molar-refractivity contribution in [1.82, 2.24) is 9.97 Å². The van der Waals surface area contributed by atoms with Crippen molar-refractivity contribution in [3.8, 4) is 0 Å². The number of hydrogen-bond acceptors (Lipinski definition) is 5. The fraction of sp³-hybridized carbons (Fsp3) is 0.333. The van der Waals surface area contributed by atoms with Gasteiger partial charge in [-0.1, -0.05) is 18.2 Å². The second-order valence-electron chi connectivity index (χ2n) is 7.05. The van der Waals surface area contributed by atoms with E-state index >= 15 is 0 Å². The number of nitrogens with zero attached hydrogens (tertiary/aromatic N) is 3. The number of benzene rings is 2. The summed E-state index contributed by atoms with van der Waals surface area (Å²) >= 11 is 0. The van der Waals surface area contributed by atoms with Crippen LogP contribution in [0.1, 0.15) is 19.4 Å². The molecule has 1 aromatic heterocycles. The van der Waals surface area contributed by atoms with Crippen LogP contribution in [-0.4, -0.2) is 35.3 Å². The fourth-order valence-corrected chi connectivity index (χ4v) is 3.53. The molecule has 140 valence electrons. The van der Waals surface area contributed by atoms with Gasteiger partial charge in [-0.3, -0.25) is 4.98 Å². The summed E-state index contributed by atoms with van der Waals surface area (Å²) in [5, 5.41) is 3.22. The summed E-state index contributed by atoms with van der Waals surface area (Å²) in [4.78, 5) is 11.0. The van der Waals surface area contributed by atoms with Crippen LogP contribution in [0.2, 0.25) is 0 Å². The number of ether oxygens (including phenoxy) is 1. The molecule has 1 fully saturated rings. The lowest BCUT2D eigenvalue weighted by Gasteiger charge is -2.37. The molecule has 0 amide bonds. The lowest BCUT2D eigenvalue weighted by Crippen LogP contribution is -2.45. The van der Waals surface area contributed by atoms with E-state index in [0.717, 1.165) is 16.6 Å². The molecule has 0 aliphatic carbocycles. The largest absolute Gasteiger partial charge is 0.372 e. The van der Waals surface area contributed by atoms with Gasteiger partial charge in [0.05, 0.1) is 35.1 Å². The van der Waals surface area contributed by atoms with Crippen LogP contribution in [0.3, 0.4) is 0 Å². The highest BCUT2D eigenvalue weighted by molar-refractivity contribution is 5.75. The Kier molecular flexibility index (Phi) is 4.90. The van der Waals surface area contributed by atoms with E-state index in [-0.39, 0.29) is 18.0 Å². The zero-order chi connectivity index (χ0) is 18.8. The highest BCUT2D eigenvalue weighted by Gasteiger charge is 2.24. The van der Waals surface area contributed by atoms with Crippen molar-refractivity contribution in [2.75, 3.05) is 23.3 Å². The van der Waals surface area contributed by atoms with Crippen LogP contribution in [0, 0.1) is 5.82 Å². The fourth-order valence-electron chi connectivity index (χ4n) is 3.53. The second-order valence-corrected chi connectivity index (χ2v) is 7.05.